The Bertz CT molecular complexity index is 859. The number of hydrogen-bond donors (Lipinski definition) is 2. The van der Waals surface area contributed by atoms with Crippen molar-refractivity contribution in [3.63, 3.8) is 0 Å². The number of para-hydroxylation sites is 1. The van der Waals surface area contributed by atoms with Crippen LogP contribution >= 0.6 is 23.8 Å². The first kappa shape index (κ1) is 16.5. The third-order valence-electron chi connectivity index (χ3n) is 3.51. The van der Waals surface area contributed by atoms with Crippen LogP contribution in [-0.2, 0) is 6.54 Å². The molecular weight excluding hydrogens is 340 g/mol. The van der Waals surface area contributed by atoms with Gasteiger partial charge in [-0.05, 0) is 48.5 Å². The standard InChI is InChI=1S/C18H17ClN4S/c1-13-5-2-3-8-16(13)20-18(24)21-17-9-10-23(22-17)12-14-6-4-7-15(19)11-14/h2-11H,12H2,1H3,(H2,20,21,22,24). The number of nitrogens with one attached hydrogen (secondary N) is 2. The molecule has 2 aromatic carbocycles. The summed E-state index contributed by atoms with van der Waals surface area (Å²) in [5.41, 5.74) is 3.21. The molecule has 0 spiro atoms. The predicted octanol–water partition coefficient (Wildman–Crippen LogP) is 4.70. The van der Waals surface area contributed by atoms with Crippen molar-refractivity contribution in [2.75, 3.05) is 10.6 Å². The van der Waals surface area contributed by atoms with Gasteiger partial charge < -0.3 is 10.6 Å². The maximum absolute atomic E-state index is 6.01. The highest BCUT2D eigenvalue weighted by atomic mass is 35.5. The first-order valence-corrected chi connectivity index (χ1v) is 8.30. The highest BCUT2D eigenvalue weighted by Gasteiger charge is 2.04. The van der Waals surface area contributed by atoms with Crippen LogP contribution in [0.2, 0.25) is 5.02 Å². The van der Waals surface area contributed by atoms with E-state index in [0.29, 0.717) is 17.5 Å². The highest BCUT2D eigenvalue weighted by Crippen LogP contribution is 2.15. The Kier molecular flexibility index (Phi) is 5.13. The van der Waals surface area contributed by atoms with Crippen molar-refractivity contribution in [1.29, 1.82) is 0 Å². The molecule has 0 saturated carbocycles. The Labute approximate surface area is 151 Å². The van der Waals surface area contributed by atoms with Crippen LogP contribution in [0.15, 0.2) is 60.8 Å². The Hall–Kier alpha value is -2.37. The molecule has 0 saturated heterocycles. The summed E-state index contributed by atoms with van der Waals surface area (Å²) in [6, 6.07) is 17.6. The number of anilines is 2. The summed E-state index contributed by atoms with van der Waals surface area (Å²) < 4.78 is 1.84. The summed E-state index contributed by atoms with van der Waals surface area (Å²) in [6.45, 7) is 2.69. The minimum absolute atomic E-state index is 0.511. The highest BCUT2D eigenvalue weighted by molar-refractivity contribution is 7.80. The van der Waals surface area contributed by atoms with E-state index in [-0.39, 0.29) is 0 Å². The third-order valence-corrected chi connectivity index (χ3v) is 3.95. The normalized spacial score (nSPS) is 10.4. The minimum Gasteiger partial charge on any atom is -0.332 e. The topological polar surface area (TPSA) is 41.9 Å². The van der Waals surface area contributed by atoms with Crippen LogP contribution in [0.3, 0.4) is 0 Å². The summed E-state index contributed by atoms with van der Waals surface area (Å²) >= 11 is 11.4. The second-order valence-corrected chi connectivity index (χ2v) is 6.27. The van der Waals surface area contributed by atoms with Gasteiger partial charge in [-0.25, -0.2) is 0 Å². The molecule has 122 valence electrons. The number of thiocarbonyl (C=S) groups is 1. The monoisotopic (exact) mass is 356 g/mol. The van der Waals surface area contributed by atoms with E-state index in [1.54, 1.807) is 0 Å². The lowest BCUT2D eigenvalue weighted by atomic mass is 10.2. The molecule has 3 aromatic rings. The lowest BCUT2D eigenvalue weighted by molar-refractivity contribution is 0.690. The lowest BCUT2D eigenvalue weighted by Gasteiger charge is -2.10. The number of halogens is 1. The van der Waals surface area contributed by atoms with E-state index in [9.17, 15) is 0 Å². The predicted molar refractivity (Wildman–Crippen MR) is 104 cm³/mol. The number of nitrogens with zero attached hydrogens (tertiary/aromatic N) is 2. The van der Waals surface area contributed by atoms with Gasteiger partial charge in [0.2, 0.25) is 0 Å². The van der Waals surface area contributed by atoms with Gasteiger partial charge in [0.25, 0.3) is 0 Å². The van der Waals surface area contributed by atoms with Crippen LogP contribution in [0.4, 0.5) is 11.5 Å². The van der Waals surface area contributed by atoms with Gasteiger partial charge in [0.05, 0.1) is 6.54 Å². The Morgan fingerprint density at radius 3 is 2.75 bits per heavy atom. The van der Waals surface area contributed by atoms with Crippen molar-refractivity contribution < 1.29 is 0 Å². The Morgan fingerprint density at radius 1 is 1.12 bits per heavy atom. The van der Waals surface area contributed by atoms with Gasteiger partial charge in [-0.15, -0.1) is 0 Å². The Morgan fingerprint density at radius 2 is 1.96 bits per heavy atom. The largest absolute Gasteiger partial charge is 0.332 e. The molecule has 2 N–H and O–H groups in total. The van der Waals surface area contributed by atoms with Gasteiger partial charge in [0.15, 0.2) is 10.9 Å². The molecular formula is C18H17ClN4S. The minimum atomic E-state index is 0.511. The van der Waals surface area contributed by atoms with Crippen LogP contribution in [0, 0.1) is 6.92 Å². The zero-order valence-corrected chi connectivity index (χ0v) is 14.7. The zero-order chi connectivity index (χ0) is 16.9. The van der Waals surface area contributed by atoms with E-state index in [2.05, 4.69) is 15.7 Å². The molecule has 0 radical (unpaired) electrons. The molecule has 0 unspecified atom stereocenters. The maximum Gasteiger partial charge on any atom is 0.176 e. The van der Waals surface area contributed by atoms with Crippen LogP contribution in [0.1, 0.15) is 11.1 Å². The van der Waals surface area contributed by atoms with E-state index in [1.807, 2.05) is 72.4 Å². The number of rotatable bonds is 4. The van der Waals surface area contributed by atoms with Crippen LogP contribution in [0.5, 0.6) is 0 Å². The fourth-order valence-electron chi connectivity index (χ4n) is 2.32. The van der Waals surface area contributed by atoms with Crippen molar-refractivity contribution in [3.05, 3.63) is 76.9 Å². The number of aromatic nitrogens is 2. The lowest BCUT2D eigenvalue weighted by Crippen LogP contribution is -2.20. The van der Waals surface area contributed by atoms with E-state index >= 15 is 0 Å². The SMILES string of the molecule is Cc1ccccc1NC(=S)Nc1ccn(Cc2cccc(Cl)c2)n1. The smallest absolute Gasteiger partial charge is 0.176 e. The van der Waals surface area contributed by atoms with Gasteiger partial charge in [-0.3, -0.25) is 4.68 Å². The van der Waals surface area contributed by atoms with Crippen molar-refractivity contribution in [1.82, 2.24) is 9.78 Å². The molecule has 0 fully saturated rings. The van der Waals surface area contributed by atoms with Crippen LogP contribution < -0.4 is 10.6 Å². The molecule has 1 aromatic heterocycles. The van der Waals surface area contributed by atoms with Crippen molar-refractivity contribution in [3.8, 4) is 0 Å². The quantitative estimate of drug-likeness (QED) is 0.665. The third kappa shape index (κ3) is 4.34. The van der Waals surface area contributed by atoms with Crippen molar-refractivity contribution in [2.24, 2.45) is 0 Å². The van der Waals surface area contributed by atoms with E-state index in [4.69, 9.17) is 23.8 Å². The summed E-state index contributed by atoms with van der Waals surface area (Å²) in [5.74, 6) is 0.697. The van der Waals surface area contributed by atoms with E-state index in [1.165, 1.54) is 0 Å². The van der Waals surface area contributed by atoms with Crippen molar-refractivity contribution >= 4 is 40.4 Å². The van der Waals surface area contributed by atoms with Gasteiger partial charge in [-0.2, -0.15) is 5.10 Å². The summed E-state index contributed by atoms with van der Waals surface area (Å²) in [6.07, 6.45) is 1.90. The summed E-state index contributed by atoms with van der Waals surface area (Å²) in [4.78, 5) is 0. The molecule has 24 heavy (non-hydrogen) atoms. The average Bonchev–Trinajstić information content (AvgIpc) is 2.96. The first-order valence-electron chi connectivity index (χ1n) is 7.52. The van der Waals surface area contributed by atoms with Crippen LogP contribution in [-0.4, -0.2) is 14.9 Å². The van der Waals surface area contributed by atoms with Crippen molar-refractivity contribution in [2.45, 2.75) is 13.5 Å². The zero-order valence-electron chi connectivity index (χ0n) is 13.2. The fraction of sp³-hybridized carbons (Fsp3) is 0.111. The summed E-state index contributed by atoms with van der Waals surface area (Å²) in [7, 11) is 0. The van der Waals surface area contributed by atoms with Gasteiger partial charge >= 0.3 is 0 Å². The second kappa shape index (κ2) is 7.47. The molecule has 3 rings (SSSR count). The molecule has 0 atom stereocenters. The van der Waals surface area contributed by atoms with Gasteiger partial charge in [-0.1, -0.05) is 41.9 Å². The van der Waals surface area contributed by atoms with Gasteiger partial charge in [0.1, 0.15) is 0 Å². The molecule has 0 bridgehead atoms. The number of aryl methyl sites for hydroxylation is 1. The Balaban J connectivity index is 1.61. The first-order chi connectivity index (χ1) is 11.6. The molecule has 0 aliphatic carbocycles. The molecule has 0 aliphatic rings. The molecule has 0 aliphatic heterocycles. The molecule has 6 heteroatoms. The average molecular weight is 357 g/mol. The number of benzene rings is 2. The van der Waals surface area contributed by atoms with E-state index < -0.39 is 0 Å². The maximum atomic E-state index is 6.01. The second-order valence-electron chi connectivity index (χ2n) is 5.42. The van der Waals surface area contributed by atoms with E-state index in [0.717, 1.165) is 21.8 Å². The molecule has 4 nitrogen and oxygen atoms in total. The number of hydrogen-bond acceptors (Lipinski definition) is 2. The molecule has 1 heterocycles. The van der Waals surface area contributed by atoms with Gasteiger partial charge in [0, 0.05) is 23.0 Å². The van der Waals surface area contributed by atoms with Crippen LogP contribution in [0.25, 0.3) is 0 Å². The fourth-order valence-corrected chi connectivity index (χ4v) is 2.75. The summed E-state index contributed by atoms with van der Waals surface area (Å²) in [5, 5.41) is 12.0. The molecule has 0 amide bonds.